The van der Waals surface area contributed by atoms with Crippen LogP contribution in [0.1, 0.15) is 16.1 Å². The van der Waals surface area contributed by atoms with Crippen LogP contribution in [-0.4, -0.2) is 16.1 Å². The Hall–Kier alpha value is -2.44. The lowest BCUT2D eigenvalue weighted by atomic mass is 10.2. The van der Waals surface area contributed by atoms with Crippen molar-refractivity contribution < 1.29 is 23.1 Å². The Morgan fingerprint density at radius 2 is 2.22 bits per heavy atom. The normalized spacial score (nSPS) is 10.3. The van der Waals surface area contributed by atoms with Crippen LogP contribution in [-0.2, 0) is 6.54 Å². The molecule has 0 unspecified atom stereocenters. The van der Waals surface area contributed by atoms with E-state index in [2.05, 4.69) is 10.3 Å². The first kappa shape index (κ1) is 12.0. The lowest BCUT2D eigenvalue weighted by Gasteiger charge is -2.03. The Morgan fingerprint density at radius 3 is 2.83 bits per heavy atom. The van der Waals surface area contributed by atoms with Gasteiger partial charge in [0.2, 0.25) is 0 Å². The number of carbonyl (C=O) groups is 1. The third kappa shape index (κ3) is 2.62. The number of hydrogen-bond acceptors (Lipinski definition) is 4. The predicted molar refractivity (Wildman–Crippen MR) is 57.1 cm³/mol. The molecular weight excluding hydrogens is 246 g/mol. The zero-order valence-corrected chi connectivity index (χ0v) is 8.98. The standard InChI is InChI=1S/C11H8F2N2O3/c12-7-2-1-6(8(13)3-7)4-14-11-15-9(5-18-11)10(16)17/h1-3,5H,4H2,(H,14,15)(H,16,17). The Morgan fingerprint density at radius 1 is 1.44 bits per heavy atom. The summed E-state index contributed by atoms with van der Waals surface area (Å²) < 4.78 is 30.7. The summed E-state index contributed by atoms with van der Waals surface area (Å²) in [7, 11) is 0. The third-order valence-corrected chi connectivity index (χ3v) is 2.17. The van der Waals surface area contributed by atoms with Gasteiger partial charge in [0.15, 0.2) is 5.69 Å². The maximum Gasteiger partial charge on any atom is 0.357 e. The van der Waals surface area contributed by atoms with E-state index >= 15 is 0 Å². The van der Waals surface area contributed by atoms with Crippen LogP contribution in [0.3, 0.4) is 0 Å². The molecule has 2 N–H and O–H groups in total. The number of hydrogen-bond donors (Lipinski definition) is 2. The number of rotatable bonds is 4. The van der Waals surface area contributed by atoms with Crippen LogP contribution in [0.2, 0.25) is 0 Å². The molecule has 0 bridgehead atoms. The Balaban J connectivity index is 2.04. The van der Waals surface area contributed by atoms with Gasteiger partial charge in [-0.1, -0.05) is 6.07 Å². The molecule has 0 aliphatic carbocycles. The van der Waals surface area contributed by atoms with E-state index in [0.717, 1.165) is 18.4 Å². The molecule has 0 saturated carbocycles. The maximum absolute atomic E-state index is 13.3. The number of aromatic nitrogens is 1. The van der Waals surface area contributed by atoms with Gasteiger partial charge in [-0.15, -0.1) is 0 Å². The largest absolute Gasteiger partial charge is 0.476 e. The van der Waals surface area contributed by atoms with Crippen molar-refractivity contribution in [3.63, 3.8) is 0 Å². The lowest BCUT2D eigenvalue weighted by Crippen LogP contribution is -2.03. The van der Waals surface area contributed by atoms with Crippen LogP contribution < -0.4 is 5.32 Å². The number of carboxylic acids is 1. The Labute approximate surface area is 100 Å². The van der Waals surface area contributed by atoms with Crippen LogP contribution in [0.4, 0.5) is 14.8 Å². The highest BCUT2D eigenvalue weighted by Crippen LogP contribution is 2.13. The molecule has 7 heteroatoms. The predicted octanol–water partition coefficient (Wildman–Crippen LogP) is 2.26. The molecule has 2 rings (SSSR count). The van der Waals surface area contributed by atoms with Crippen molar-refractivity contribution >= 4 is 12.0 Å². The summed E-state index contributed by atoms with van der Waals surface area (Å²) in [6.07, 6.45) is 0.964. The number of aromatic carboxylic acids is 1. The fourth-order valence-corrected chi connectivity index (χ4v) is 1.29. The minimum atomic E-state index is -1.22. The van der Waals surface area contributed by atoms with E-state index in [9.17, 15) is 13.6 Å². The monoisotopic (exact) mass is 254 g/mol. The number of halogens is 2. The number of oxazole rings is 1. The van der Waals surface area contributed by atoms with Crippen LogP contribution in [0.5, 0.6) is 0 Å². The second kappa shape index (κ2) is 4.82. The van der Waals surface area contributed by atoms with Gasteiger partial charge in [-0.05, 0) is 6.07 Å². The fraction of sp³-hybridized carbons (Fsp3) is 0.0909. The molecule has 0 aliphatic heterocycles. The summed E-state index contributed by atoms with van der Waals surface area (Å²) in [5.41, 5.74) is -0.0384. The topological polar surface area (TPSA) is 75.4 Å². The number of nitrogens with one attached hydrogen (secondary N) is 1. The van der Waals surface area contributed by atoms with Crippen molar-refractivity contribution in [3.8, 4) is 0 Å². The molecule has 1 aromatic carbocycles. The van der Waals surface area contributed by atoms with E-state index in [-0.39, 0.29) is 23.8 Å². The molecule has 2 aromatic rings. The van der Waals surface area contributed by atoms with E-state index in [1.807, 2.05) is 0 Å². The van der Waals surface area contributed by atoms with Gasteiger partial charge in [0, 0.05) is 18.2 Å². The van der Waals surface area contributed by atoms with Crippen LogP contribution in [0.15, 0.2) is 28.9 Å². The molecule has 94 valence electrons. The number of nitrogens with zero attached hydrogens (tertiary/aromatic N) is 1. The number of anilines is 1. The van der Waals surface area contributed by atoms with Crippen LogP contribution in [0, 0.1) is 11.6 Å². The Kier molecular flexibility index (Phi) is 3.22. The molecule has 0 atom stereocenters. The second-order valence-corrected chi connectivity index (χ2v) is 3.43. The van der Waals surface area contributed by atoms with Crippen molar-refractivity contribution in [1.82, 2.24) is 4.98 Å². The van der Waals surface area contributed by atoms with E-state index < -0.39 is 17.6 Å². The molecule has 0 saturated heterocycles. The van der Waals surface area contributed by atoms with E-state index in [0.29, 0.717) is 0 Å². The average molecular weight is 254 g/mol. The van der Waals surface area contributed by atoms with Crippen molar-refractivity contribution in [2.24, 2.45) is 0 Å². The molecule has 0 spiro atoms. The van der Waals surface area contributed by atoms with E-state index in [1.54, 1.807) is 0 Å². The van der Waals surface area contributed by atoms with Gasteiger partial charge in [0.1, 0.15) is 17.9 Å². The van der Waals surface area contributed by atoms with E-state index in [4.69, 9.17) is 9.52 Å². The van der Waals surface area contributed by atoms with Crippen molar-refractivity contribution in [3.05, 3.63) is 47.4 Å². The molecule has 5 nitrogen and oxygen atoms in total. The van der Waals surface area contributed by atoms with Gasteiger partial charge in [-0.25, -0.2) is 13.6 Å². The highest BCUT2D eigenvalue weighted by atomic mass is 19.1. The number of carboxylic acid groups (broad SMARTS) is 1. The smallest absolute Gasteiger partial charge is 0.357 e. The molecular formula is C11H8F2N2O3. The zero-order valence-electron chi connectivity index (χ0n) is 8.98. The summed E-state index contributed by atoms with van der Waals surface area (Å²) in [5, 5.41) is 11.2. The van der Waals surface area contributed by atoms with Gasteiger partial charge >= 0.3 is 5.97 Å². The summed E-state index contributed by atoms with van der Waals surface area (Å²) >= 11 is 0. The molecule has 0 aliphatic rings. The molecule has 0 radical (unpaired) electrons. The number of benzene rings is 1. The molecule has 0 amide bonds. The Bertz CT molecular complexity index is 583. The van der Waals surface area contributed by atoms with Crippen molar-refractivity contribution in [2.75, 3.05) is 5.32 Å². The van der Waals surface area contributed by atoms with Crippen LogP contribution in [0.25, 0.3) is 0 Å². The second-order valence-electron chi connectivity index (χ2n) is 3.43. The summed E-state index contributed by atoms with van der Waals surface area (Å²) in [6.45, 7) is 0.00564. The SMILES string of the molecule is O=C(O)c1coc(NCc2ccc(F)cc2F)n1. The van der Waals surface area contributed by atoms with Crippen LogP contribution >= 0.6 is 0 Å². The van der Waals surface area contributed by atoms with Crippen molar-refractivity contribution in [1.29, 1.82) is 0 Å². The molecule has 1 aromatic heterocycles. The summed E-state index contributed by atoms with van der Waals surface area (Å²) in [6, 6.07) is 3.11. The first-order valence-electron chi connectivity index (χ1n) is 4.93. The van der Waals surface area contributed by atoms with Gasteiger partial charge in [-0.3, -0.25) is 0 Å². The summed E-state index contributed by atoms with van der Waals surface area (Å²) in [4.78, 5) is 14.1. The third-order valence-electron chi connectivity index (χ3n) is 2.17. The van der Waals surface area contributed by atoms with Gasteiger partial charge in [0.05, 0.1) is 0 Å². The van der Waals surface area contributed by atoms with Crippen molar-refractivity contribution in [2.45, 2.75) is 6.54 Å². The highest BCUT2D eigenvalue weighted by Gasteiger charge is 2.10. The first-order chi connectivity index (χ1) is 8.56. The minimum absolute atomic E-state index is 0.00564. The molecule has 1 heterocycles. The zero-order chi connectivity index (χ0) is 13.1. The van der Waals surface area contributed by atoms with Gasteiger partial charge in [0.25, 0.3) is 6.01 Å². The molecule has 18 heavy (non-hydrogen) atoms. The fourth-order valence-electron chi connectivity index (χ4n) is 1.29. The van der Waals surface area contributed by atoms with Gasteiger partial charge in [-0.2, -0.15) is 4.98 Å². The highest BCUT2D eigenvalue weighted by molar-refractivity contribution is 5.85. The minimum Gasteiger partial charge on any atom is -0.476 e. The lowest BCUT2D eigenvalue weighted by molar-refractivity contribution is 0.0690. The first-order valence-corrected chi connectivity index (χ1v) is 4.93. The van der Waals surface area contributed by atoms with Gasteiger partial charge < -0.3 is 14.8 Å². The average Bonchev–Trinajstić information content (AvgIpc) is 2.76. The quantitative estimate of drug-likeness (QED) is 0.875. The summed E-state index contributed by atoms with van der Waals surface area (Å²) in [5.74, 6) is -2.59. The maximum atomic E-state index is 13.3. The molecule has 0 fully saturated rings. The van der Waals surface area contributed by atoms with E-state index in [1.165, 1.54) is 6.07 Å².